The Morgan fingerprint density at radius 1 is 1.10 bits per heavy atom. The average Bonchev–Trinajstić information content (AvgIpc) is 2.50. The minimum absolute atomic E-state index is 0.679. The molecule has 1 N–H and O–H groups in total. The van der Waals surface area contributed by atoms with E-state index < -0.39 is 0 Å². The average molecular weight is 309 g/mol. The summed E-state index contributed by atoms with van der Waals surface area (Å²) in [7, 11) is 2.24. The molecular formula is C18H32N2S. The van der Waals surface area contributed by atoms with Crippen LogP contribution in [0.4, 0.5) is 0 Å². The molecule has 3 heteroatoms. The van der Waals surface area contributed by atoms with E-state index in [2.05, 4.69) is 61.6 Å². The minimum atomic E-state index is 0.679. The molecular weight excluding hydrogens is 276 g/mol. The first-order valence-electron chi connectivity index (χ1n) is 8.18. The molecule has 0 bridgehead atoms. The van der Waals surface area contributed by atoms with Crippen molar-refractivity contribution in [2.75, 3.05) is 32.1 Å². The number of nitrogens with one attached hydrogen (secondary N) is 1. The summed E-state index contributed by atoms with van der Waals surface area (Å²) in [5.41, 5.74) is 2.85. The van der Waals surface area contributed by atoms with Crippen molar-refractivity contribution in [1.29, 1.82) is 0 Å². The molecule has 21 heavy (non-hydrogen) atoms. The van der Waals surface area contributed by atoms with Gasteiger partial charge < -0.3 is 5.32 Å². The molecule has 0 aliphatic heterocycles. The van der Waals surface area contributed by atoms with Gasteiger partial charge in [0.15, 0.2) is 0 Å². The second-order valence-electron chi connectivity index (χ2n) is 5.75. The largest absolute Gasteiger partial charge is 0.316 e. The van der Waals surface area contributed by atoms with Crippen molar-refractivity contribution < 1.29 is 0 Å². The lowest BCUT2D eigenvalue weighted by Crippen LogP contribution is -2.32. The molecule has 0 saturated heterocycles. The number of rotatable bonds is 11. The Morgan fingerprint density at radius 3 is 2.33 bits per heavy atom. The first-order valence-corrected chi connectivity index (χ1v) is 9.58. The summed E-state index contributed by atoms with van der Waals surface area (Å²) in [6, 6.07) is 9.83. The zero-order valence-electron chi connectivity index (χ0n) is 14.2. The monoisotopic (exact) mass is 308 g/mol. The van der Waals surface area contributed by atoms with Crippen LogP contribution in [0.15, 0.2) is 24.3 Å². The first kappa shape index (κ1) is 18.5. The van der Waals surface area contributed by atoms with E-state index >= 15 is 0 Å². The van der Waals surface area contributed by atoms with Crippen molar-refractivity contribution in [3.63, 3.8) is 0 Å². The lowest BCUT2D eigenvalue weighted by molar-refractivity contribution is 0.248. The Kier molecular flexibility index (Phi) is 9.81. The van der Waals surface area contributed by atoms with Crippen LogP contribution in [0.1, 0.15) is 37.8 Å². The highest BCUT2D eigenvalue weighted by molar-refractivity contribution is 7.98. The number of nitrogens with zero attached hydrogens (tertiary/aromatic N) is 1. The molecule has 0 spiro atoms. The number of benzene rings is 1. The first-order chi connectivity index (χ1) is 10.2. The molecule has 120 valence electrons. The molecule has 0 saturated carbocycles. The Hall–Kier alpha value is -0.510. The van der Waals surface area contributed by atoms with E-state index in [0.717, 1.165) is 26.1 Å². The van der Waals surface area contributed by atoms with Gasteiger partial charge in [-0.3, -0.25) is 4.90 Å². The van der Waals surface area contributed by atoms with E-state index in [1.807, 2.05) is 11.8 Å². The Balaban J connectivity index is 2.42. The van der Waals surface area contributed by atoms with Gasteiger partial charge in [-0.15, -0.1) is 0 Å². The van der Waals surface area contributed by atoms with Gasteiger partial charge in [0.05, 0.1) is 0 Å². The summed E-state index contributed by atoms with van der Waals surface area (Å²) in [6.45, 7) is 7.74. The van der Waals surface area contributed by atoms with E-state index in [-0.39, 0.29) is 0 Å². The van der Waals surface area contributed by atoms with Gasteiger partial charge in [0.1, 0.15) is 0 Å². The number of hydrogen-bond donors (Lipinski definition) is 1. The van der Waals surface area contributed by atoms with Gasteiger partial charge in [-0.05, 0) is 56.8 Å². The zero-order chi connectivity index (χ0) is 15.5. The topological polar surface area (TPSA) is 15.3 Å². The predicted molar refractivity (Wildman–Crippen MR) is 97.2 cm³/mol. The Morgan fingerprint density at radius 2 is 1.76 bits per heavy atom. The Bertz CT molecular complexity index is 364. The molecule has 1 rings (SSSR count). The van der Waals surface area contributed by atoms with Crippen LogP contribution in [0.5, 0.6) is 0 Å². The number of hydrogen-bond acceptors (Lipinski definition) is 3. The summed E-state index contributed by atoms with van der Waals surface area (Å²) in [4.78, 5) is 2.48. The van der Waals surface area contributed by atoms with Crippen molar-refractivity contribution in [1.82, 2.24) is 10.2 Å². The highest BCUT2D eigenvalue weighted by atomic mass is 32.2. The second-order valence-corrected chi connectivity index (χ2v) is 6.66. The highest BCUT2D eigenvalue weighted by Crippen LogP contribution is 2.13. The van der Waals surface area contributed by atoms with Crippen molar-refractivity contribution in [2.24, 2.45) is 0 Å². The van der Waals surface area contributed by atoms with Gasteiger partial charge in [0, 0.05) is 18.3 Å². The van der Waals surface area contributed by atoms with Crippen molar-refractivity contribution in [3.05, 3.63) is 35.4 Å². The van der Waals surface area contributed by atoms with Crippen LogP contribution in [-0.4, -0.2) is 43.1 Å². The van der Waals surface area contributed by atoms with E-state index in [1.54, 1.807) is 0 Å². The smallest absolute Gasteiger partial charge is 0.0233 e. The SMILES string of the molecule is CCCNCCc1ccc(CN(C)C(CC)CSC)cc1. The molecule has 0 aromatic heterocycles. The van der Waals surface area contributed by atoms with Crippen LogP contribution in [0.25, 0.3) is 0 Å². The van der Waals surface area contributed by atoms with Crippen molar-refractivity contribution >= 4 is 11.8 Å². The zero-order valence-corrected chi connectivity index (χ0v) is 15.0. The van der Waals surface area contributed by atoms with E-state index in [1.165, 1.54) is 29.7 Å². The van der Waals surface area contributed by atoms with Crippen LogP contribution in [0.3, 0.4) is 0 Å². The molecule has 2 nitrogen and oxygen atoms in total. The maximum Gasteiger partial charge on any atom is 0.0233 e. The van der Waals surface area contributed by atoms with Crippen LogP contribution in [0, 0.1) is 0 Å². The highest BCUT2D eigenvalue weighted by Gasteiger charge is 2.12. The van der Waals surface area contributed by atoms with Gasteiger partial charge in [-0.25, -0.2) is 0 Å². The normalized spacial score (nSPS) is 12.8. The molecule has 1 atom stereocenters. The van der Waals surface area contributed by atoms with Gasteiger partial charge >= 0.3 is 0 Å². The molecule has 1 unspecified atom stereocenters. The molecule has 1 aromatic rings. The third kappa shape index (κ3) is 7.35. The summed E-state index contributed by atoms with van der Waals surface area (Å²) in [5.74, 6) is 1.22. The summed E-state index contributed by atoms with van der Waals surface area (Å²) < 4.78 is 0. The van der Waals surface area contributed by atoms with Gasteiger partial charge in [-0.1, -0.05) is 38.1 Å². The van der Waals surface area contributed by atoms with Crippen LogP contribution < -0.4 is 5.32 Å². The third-order valence-electron chi connectivity index (χ3n) is 3.93. The van der Waals surface area contributed by atoms with E-state index in [4.69, 9.17) is 0 Å². The van der Waals surface area contributed by atoms with Gasteiger partial charge in [0.2, 0.25) is 0 Å². The van der Waals surface area contributed by atoms with Crippen LogP contribution in [-0.2, 0) is 13.0 Å². The van der Waals surface area contributed by atoms with Crippen molar-refractivity contribution in [2.45, 2.75) is 45.7 Å². The summed E-state index contributed by atoms with van der Waals surface area (Å²) in [6.07, 6.45) is 5.75. The molecule has 0 radical (unpaired) electrons. The Labute approximate surface area is 135 Å². The number of thioether (sulfide) groups is 1. The fourth-order valence-electron chi connectivity index (χ4n) is 2.51. The fourth-order valence-corrected chi connectivity index (χ4v) is 3.39. The van der Waals surface area contributed by atoms with Gasteiger partial charge in [-0.2, -0.15) is 11.8 Å². The van der Waals surface area contributed by atoms with Gasteiger partial charge in [0.25, 0.3) is 0 Å². The lowest BCUT2D eigenvalue weighted by atomic mass is 10.1. The maximum absolute atomic E-state index is 3.46. The molecule has 0 fully saturated rings. The molecule has 0 aliphatic rings. The molecule has 0 aliphatic carbocycles. The molecule has 0 amide bonds. The lowest BCUT2D eigenvalue weighted by Gasteiger charge is -2.26. The quantitative estimate of drug-likeness (QED) is 0.626. The van der Waals surface area contributed by atoms with Crippen LogP contribution in [0.2, 0.25) is 0 Å². The molecule has 0 heterocycles. The standard InChI is InChI=1S/C18H32N2S/c1-5-12-19-13-11-16-7-9-17(10-8-16)14-20(3)18(6-2)15-21-4/h7-10,18-19H,5-6,11-15H2,1-4H3. The predicted octanol–water partition coefficient (Wildman–Crippen LogP) is 3.80. The van der Waals surface area contributed by atoms with Crippen LogP contribution >= 0.6 is 11.8 Å². The summed E-state index contributed by atoms with van der Waals surface area (Å²) in [5, 5.41) is 3.46. The minimum Gasteiger partial charge on any atom is -0.316 e. The van der Waals surface area contributed by atoms with E-state index in [0.29, 0.717) is 6.04 Å². The second kappa shape index (κ2) is 11.1. The third-order valence-corrected chi connectivity index (χ3v) is 4.64. The van der Waals surface area contributed by atoms with Crippen molar-refractivity contribution in [3.8, 4) is 0 Å². The molecule has 1 aromatic carbocycles. The maximum atomic E-state index is 3.46. The van der Waals surface area contributed by atoms with E-state index in [9.17, 15) is 0 Å². The fraction of sp³-hybridized carbons (Fsp3) is 0.667. The summed E-state index contributed by atoms with van der Waals surface area (Å²) >= 11 is 1.94.